The molecule has 0 aromatic rings. The fourth-order valence-corrected chi connectivity index (χ4v) is 1.03. The van der Waals surface area contributed by atoms with Crippen molar-refractivity contribution in [2.45, 2.75) is 6.92 Å². The number of halogens is 2. The minimum absolute atomic E-state index is 0.752. The molecule has 0 atom stereocenters. The predicted octanol–water partition coefficient (Wildman–Crippen LogP) is 2.14. The largest absolute Gasteiger partial charge is 0.430 e. The smallest absolute Gasteiger partial charge is 0.390 e. The van der Waals surface area contributed by atoms with Gasteiger partial charge in [-0.2, -0.15) is 0 Å². The van der Waals surface area contributed by atoms with Crippen LogP contribution in [0, 0.1) is 0 Å². The summed E-state index contributed by atoms with van der Waals surface area (Å²) in [5.74, 6) is -0.752. The Balaban J connectivity index is 3.74. The van der Waals surface area contributed by atoms with E-state index in [0.717, 1.165) is 6.92 Å². The first-order valence-electron chi connectivity index (χ1n) is 1.61. The molecule has 0 aliphatic heterocycles. The Labute approximate surface area is 55.9 Å². The lowest BCUT2D eigenvalue weighted by Gasteiger charge is -1.97. The SMILES string of the molecule is CC(=O)OP(=O)(Cl)Cl. The average molecular weight is 177 g/mol. The summed E-state index contributed by atoms with van der Waals surface area (Å²) in [5, 5.41) is 0. The van der Waals surface area contributed by atoms with Crippen molar-refractivity contribution in [2.75, 3.05) is 0 Å². The van der Waals surface area contributed by atoms with Gasteiger partial charge in [-0.05, 0) is 0 Å². The Hall–Kier alpha value is 0.280. The maximum absolute atomic E-state index is 10.1. The fourth-order valence-electron chi connectivity index (χ4n) is 0.150. The van der Waals surface area contributed by atoms with E-state index in [1.807, 2.05) is 0 Å². The molecule has 0 N–H and O–H groups in total. The molecule has 6 heteroatoms. The lowest BCUT2D eigenvalue weighted by atomic mass is 10.9. The molecule has 0 fully saturated rings. The van der Waals surface area contributed by atoms with Crippen LogP contribution in [-0.4, -0.2) is 5.97 Å². The number of carbonyl (C=O) groups excluding carboxylic acids is 1. The van der Waals surface area contributed by atoms with Gasteiger partial charge < -0.3 is 4.52 Å². The molecule has 3 nitrogen and oxygen atoms in total. The zero-order valence-corrected chi connectivity index (χ0v) is 6.33. The Bertz CT molecular complexity index is 138. The molecule has 0 amide bonds. The molecule has 0 aromatic heterocycles. The van der Waals surface area contributed by atoms with E-state index in [2.05, 4.69) is 4.52 Å². The molecule has 0 unspecified atom stereocenters. The zero-order chi connectivity index (χ0) is 6.78. The van der Waals surface area contributed by atoms with Crippen molar-refractivity contribution in [1.82, 2.24) is 0 Å². The summed E-state index contributed by atoms with van der Waals surface area (Å²) in [6, 6.07) is 0. The molecule has 0 aliphatic rings. The number of hydrogen-bond acceptors (Lipinski definition) is 3. The summed E-state index contributed by atoms with van der Waals surface area (Å²) in [6.07, 6.45) is -3.63. The summed E-state index contributed by atoms with van der Waals surface area (Å²) in [7, 11) is 0. The van der Waals surface area contributed by atoms with Crippen LogP contribution >= 0.6 is 28.6 Å². The quantitative estimate of drug-likeness (QED) is 0.576. The van der Waals surface area contributed by atoms with Crippen molar-refractivity contribution in [3.63, 3.8) is 0 Å². The van der Waals surface area contributed by atoms with E-state index in [9.17, 15) is 9.36 Å². The lowest BCUT2D eigenvalue weighted by Crippen LogP contribution is -1.88. The van der Waals surface area contributed by atoms with E-state index >= 15 is 0 Å². The zero-order valence-electron chi connectivity index (χ0n) is 3.93. The molecule has 0 saturated heterocycles. The van der Waals surface area contributed by atoms with E-state index in [1.165, 1.54) is 0 Å². The van der Waals surface area contributed by atoms with E-state index < -0.39 is 12.0 Å². The summed E-state index contributed by atoms with van der Waals surface area (Å²) < 4.78 is 14.0. The Morgan fingerprint density at radius 2 is 2.00 bits per heavy atom. The predicted molar refractivity (Wildman–Crippen MR) is 31.1 cm³/mol. The molecule has 0 radical (unpaired) electrons. The third-order valence-corrected chi connectivity index (χ3v) is 1.12. The highest BCUT2D eigenvalue weighted by Gasteiger charge is 2.16. The van der Waals surface area contributed by atoms with Crippen LogP contribution in [0.25, 0.3) is 0 Å². The normalized spacial score (nSPS) is 10.9. The number of rotatable bonds is 1. The van der Waals surface area contributed by atoms with Crippen molar-refractivity contribution < 1.29 is 13.9 Å². The Morgan fingerprint density at radius 1 is 1.62 bits per heavy atom. The molecular weight excluding hydrogens is 174 g/mol. The number of carbonyl (C=O) groups is 1. The molecule has 48 valence electrons. The van der Waals surface area contributed by atoms with Crippen molar-refractivity contribution in [1.29, 1.82) is 0 Å². The first-order chi connectivity index (χ1) is 3.42. The molecule has 8 heavy (non-hydrogen) atoms. The second-order valence-electron chi connectivity index (χ2n) is 0.997. The van der Waals surface area contributed by atoms with Gasteiger partial charge in [-0.3, -0.25) is 4.79 Å². The highest BCUT2D eigenvalue weighted by Crippen LogP contribution is 2.57. The highest BCUT2D eigenvalue weighted by molar-refractivity contribution is 8.05. The molecule has 0 spiro atoms. The van der Waals surface area contributed by atoms with E-state index in [1.54, 1.807) is 0 Å². The third-order valence-electron chi connectivity index (χ3n) is 0.235. The van der Waals surface area contributed by atoms with Crippen LogP contribution in [0.1, 0.15) is 6.92 Å². The first-order valence-corrected chi connectivity index (χ1v) is 5.05. The second kappa shape index (κ2) is 2.72. The Morgan fingerprint density at radius 3 is 2.00 bits per heavy atom. The van der Waals surface area contributed by atoms with Gasteiger partial charge in [0, 0.05) is 29.4 Å². The summed E-state index contributed by atoms with van der Waals surface area (Å²) in [4.78, 5) is 9.90. The number of hydrogen-bond donors (Lipinski definition) is 0. The van der Waals surface area contributed by atoms with Gasteiger partial charge in [0.1, 0.15) is 0 Å². The first kappa shape index (κ1) is 8.28. The minimum atomic E-state index is -3.63. The molecule has 0 saturated carbocycles. The molecule has 0 rings (SSSR count). The third kappa shape index (κ3) is 6.28. The fraction of sp³-hybridized carbons (Fsp3) is 0.500. The van der Waals surface area contributed by atoms with Crippen LogP contribution in [0.15, 0.2) is 0 Å². The van der Waals surface area contributed by atoms with Crippen LogP contribution in [0.4, 0.5) is 0 Å². The van der Waals surface area contributed by atoms with E-state index in [4.69, 9.17) is 22.5 Å². The van der Waals surface area contributed by atoms with Gasteiger partial charge in [0.05, 0.1) is 0 Å². The highest BCUT2D eigenvalue weighted by atomic mass is 35.9. The van der Waals surface area contributed by atoms with Gasteiger partial charge >= 0.3 is 12.0 Å². The topological polar surface area (TPSA) is 43.4 Å². The maximum atomic E-state index is 10.1. The van der Waals surface area contributed by atoms with Crippen LogP contribution in [0.5, 0.6) is 0 Å². The lowest BCUT2D eigenvalue weighted by molar-refractivity contribution is -0.131. The summed E-state index contributed by atoms with van der Waals surface area (Å²) in [6.45, 7) is 1.07. The van der Waals surface area contributed by atoms with Crippen molar-refractivity contribution in [2.24, 2.45) is 0 Å². The second-order valence-corrected chi connectivity index (χ2v) is 5.20. The van der Waals surface area contributed by atoms with Gasteiger partial charge in [-0.1, -0.05) is 0 Å². The van der Waals surface area contributed by atoms with Gasteiger partial charge in [0.2, 0.25) is 0 Å². The van der Waals surface area contributed by atoms with Crippen LogP contribution in [0.3, 0.4) is 0 Å². The van der Waals surface area contributed by atoms with E-state index in [-0.39, 0.29) is 0 Å². The van der Waals surface area contributed by atoms with Crippen LogP contribution in [-0.2, 0) is 13.9 Å². The van der Waals surface area contributed by atoms with Gasteiger partial charge in [-0.15, -0.1) is 0 Å². The van der Waals surface area contributed by atoms with E-state index in [0.29, 0.717) is 0 Å². The van der Waals surface area contributed by atoms with Gasteiger partial charge in [0.15, 0.2) is 0 Å². The molecule has 0 aliphatic carbocycles. The molecule has 0 aromatic carbocycles. The summed E-state index contributed by atoms with van der Waals surface area (Å²) >= 11 is 9.61. The van der Waals surface area contributed by atoms with Crippen molar-refractivity contribution in [3.05, 3.63) is 0 Å². The average Bonchev–Trinajstić information content (AvgIpc) is 1.21. The van der Waals surface area contributed by atoms with Crippen LogP contribution in [0.2, 0.25) is 0 Å². The van der Waals surface area contributed by atoms with Crippen LogP contribution < -0.4 is 0 Å². The summed E-state index contributed by atoms with van der Waals surface area (Å²) in [5.41, 5.74) is 0. The Kier molecular flexibility index (Phi) is 2.81. The van der Waals surface area contributed by atoms with Gasteiger partial charge in [0.25, 0.3) is 0 Å². The maximum Gasteiger partial charge on any atom is 0.430 e. The minimum Gasteiger partial charge on any atom is -0.390 e. The molecular formula is C2H3Cl2O3P. The van der Waals surface area contributed by atoms with Crippen molar-refractivity contribution >= 4 is 34.5 Å². The van der Waals surface area contributed by atoms with Crippen molar-refractivity contribution in [3.8, 4) is 0 Å². The standard InChI is InChI=1S/C2H3Cl2O3P/c1-2(5)7-8(3,4)6/h1H3. The molecule has 0 bridgehead atoms. The molecule has 0 heterocycles. The monoisotopic (exact) mass is 176 g/mol. The van der Waals surface area contributed by atoms with Gasteiger partial charge in [-0.25, -0.2) is 4.57 Å².